The van der Waals surface area contributed by atoms with E-state index in [2.05, 4.69) is 88.9 Å². The summed E-state index contributed by atoms with van der Waals surface area (Å²) in [6.45, 7) is 21.4. The van der Waals surface area contributed by atoms with Gasteiger partial charge in [-0.1, -0.05) is 58.1 Å². The summed E-state index contributed by atoms with van der Waals surface area (Å²) in [7, 11) is 3.95. The van der Waals surface area contributed by atoms with Gasteiger partial charge in [-0.2, -0.15) is 0 Å². The number of benzene rings is 1. The average molecular weight is 505 g/mol. The molecule has 4 rings (SSSR count). The van der Waals surface area contributed by atoms with Gasteiger partial charge in [0.15, 0.2) is 0 Å². The Morgan fingerprint density at radius 1 is 1.19 bits per heavy atom. The zero-order chi connectivity index (χ0) is 27.1. The highest BCUT2D eigenvalue weighted by molar-refractivity contribution is 5.70. The molecule has 37 heavy (non-hydrogen) atoms. The second-order valence-electron chi connectivity index (χ2n) is 12.3. The highest BCUT2D eigenvalue weighted by atomic mass is 16.5. The SMILES string of the molecule is C=C(O)C1=CN2C(=CC1=C)/C(=c1\cccc(OCC3(COC)CCC3)c1=C(C)C)N(C)CC2C(C)(C)C. The quantitative estimate of drug-likeness (QED) is 0.536. The number of hydrogen-bond acceptors (Lipinski definition) is 5. The average Bonchev–Trinajstić information content (AvgIpc) is 2.78. The zero-order valence-corrected chi connectivity index (χ0v) is 23.8. The topological polar surface area (TPSA) is 45.2 Å². The monoisotopic (exact) mass is 504 g/mol. The lowest BCUT2D eigenvalue weighted by molar-refractivity contribution is -0.0188. The molecule has 200 valence electrons. The van der Waals surface area contributed by atoms with Gasteiger partial charge < -0.3 is 24.4 Å². The van der Waals surface area contributed by atoms with Crippen LogP contribution in [0.25, 0.3) is 11.3 Å². The maximum Gasteiger partial charge on any atom is 0.127 e. The van der Waals surface area contributed by atoms with Gasteiger partial charge in [0.05, 0.1) is 30.6 Å². The highest BCUT2D eigenvalue weighted by Gasteiger charge is 2.40. The molecule has 0 radical (unpaired) electrons. The van der Waals surface area contributed by atoms with Gasteiger partial charge in [0, 0.05) is 48.3 Å². The predicted octanol–water partition coefficient (Wildman–Crippen LogP) is 5.25. The van der Waals surface area contributed by atoms with Crippen molar-refractivity contribution in [3.8, 4) is 5.75 Å². The van der Waals surface area contributed by atoms with Gasteiger partial charge >= 0.3 is 0 Å². The molecule has 2 heterocycles. The summed E-state index contributed by atoms with van der Waals surface area (Å²) in [5, 5.41) is 12.6. The number of rotatable bonds is 6. The van der Waals surface area contributed by atoms with E-state index >= 15 is 0 Å². The van der Waals surface area contributed by atoms with Crippen molar-refractivity contribution in [2.24, 2.45) is 10.8 Å². The Bertz CT molecular complexity index is 1270. The Kier molecular flexibility index (Phi) is 7.40. The van der Waals surface area contributed by atoms with Crippen LogP contribution in [0.4, 0.5) is 0 Å². The number of methoxy groups -OCH3 is 1. The maximum absolute atomic E-state index is 10.3. The summed E-state index contributed by atoms with van der Waals surface area (Å²) in [6.07, 6.45) is 7.64. The maximum atomic E-state index is 10.3. The molecule has 1 aliphatic carbocycles. The van der Waals surface area contributed by atoms with E-state index in [1.165, 1.54) is 12.0 Å². The van der Waals surface area contributed by atoms with Crippen LogP contribution in [0, 0.1) is 10.8 Å². The summed E-state index contributed by atoms with van der Waals surface area (Å²) in [5.41, 5.74) is 5.00. The van der Waals surface area contributed by atoms with E-state index in [-0.39, 0.29) is 22.6 Å². The van der Waals surface area contributed by atoms with Crippen LogP contribution >= 0.6 is 0 Å². The van der Waals surface area contributed by atoms with Crippen molar-refractivity contribution in [2.75, 3.05) is 33.9 Å². The van der Waals surface area contributed by atoms with Crippen LogP contribution in [0.2, 0.25) is 0 Å². The molecule has 2 aliphatic heterocycles. The number of piperazine rings is 1. The molecule has 3 aliphatic rings. The minimum absolute atomic E-state index is 0.00891. The summed E-state index contributed by atoms with van der Waals surface area (Å²) in [6, 6.07) is 6.58. The Balaban J connectivity index is 1.89. The molecule has 0 bridgehead atoms. The molecule has 0 spiro atoms. The van der Waals surface area contributed by atoms with Gasteiger partial charge in [-0.15, -0.1) is 0 Å². The van der Waals surface area contributed by atoms with E-state index in [0.717, 1.165) is 59.1 Å². The predicted molar refractivity (Wildman–Crippen MR) is 152 cm³/mol. The normalized spacial score (nSPS) is 22.6. The number of aliphatic hydroxyl groups is 1. The standard InChI is InChI=1S/C32H44N2O3/c1-21(2)29-24(12-10-13-27(29)37-20-32(19-36-9)14-11-15-32)30-26-16-22(3)25(23(4)35)17-34(26)28(18-33(30)8)31(5,6)7/h10,12-13,16-17,28,35H,3-4,11,14-15,18-20H2,1-2,5-9H3/b30-24-. The first-order valence-corrected chi connectivity index (χ1v) is 13.3. The van der Waals surface area contributed by atoms with Crippen LogP contribution in [-0.2, 0) is 4.74 Å². The van der Waals surface area contributed by atoms with Crippen LogP contribution in [0.5, 0.6) is 5.75 Å². The molecule has 0 aromatic heterocycles. The molecule has 5 heteroatoms. The van der Waals surface area contributed by atoms with E-state index < -0.39 is 0 Å². The number of likely N-dealkylation sites (N-methyl/N-ethyl adjacent to an activating group) is 1. The van der Waals surface area contributed by atoms with Gasteiger partial charge in [-0.25, -0.2) is 0 Å². The van der Waals surface area contributed by atoms with E-state index in [0.29, 0.717) is 12.2 Å². The number of nitrogens with zero attached hydrogens (tertiary/aromatic N) is 2. The fourth-order valence-corrected chi connectivity index (χ4v) is 5.89. The van der Waals surface area contributed by atoms with Gasteiger partial charge in [0.25, 0.3) is 0 Å². The second kappa shape index (κ2) is 10.1. The molecule has 0 amide bonds. The van der Waals surface area contributed by atoms with E-state index in [1.807, 2.05) is 6.20 Å². The lowest BCUT2D eigenvalue weighted by atomic mass is 9.70. The first kappa shape index (κ1) is 27.1. The Hall–Kier alpha value is -2.92. The fourth-order valence-electron chi connectivity index (χ4n) is 5.89. The summed E-state index contributed by atoms with van der Waals surface area (Å²) in [5.74, 6) is 0.962. The number of allylic oxidation sites excluding steroid dienone is 2. The fraction of sp³-hybridized carbons (Fsp3) is 0.500. The van der Waals surface area contributed by atoms with Gasteiger partial charge in [0.2, 0.25) is 0 Å². The van der Waals surface area contributed by atoms with Crippen molar-refractivity contribution in [3.63, 3.8) is 0 Å². The second-order valence-corrected chi connectivity index (χ2v) is 12.3. The molecule has 1 atom stereocenters. The van der Waals surface area contributed by atoms with Crippen LogP contribution in [-0.4, -0.2) is 54.9 Å². The van der Waals surface area contributed by atoms with Crippen LogP contribution in [0.1, 0.15) is 53.9 Å². The number of fused-ring (bicyclic) bond motifs is 1. The molecule has 1 saturated heterocycles. The third kappa shape index (κ3) is 5.11. The summed E-state index contributed by atoms with van der Waals surface area (Å²) < 4.78 is 12.1. The first-order valence-electron chi connectivity index (χ1n) is 13.3. The lowest BCUT2D eigenvalue weighted by Gasteiger charge is -2.50. The molecule has 1 N–H and O–H groups in total. The highest BCUT2D eigenvalue weighted by Crippen LogP contribution is 2.42. The molecule has 1 aromatic rings. The summed E-state index contributed by atoms with van der Waals surface area (Å²) >= 11 is 0. The van der Waals surface area contributed by atoms with Crippen molar-refractivity contribution in [1.82, 2.24) is 9.80 Å². The molecule has 5 nitrogen and oxygen atoms in total. The zero-order valence-electron chi connectivity index (χ0n) is 23.8. The van der Waals surface area contributed by atoms with Crippen molar-refractivity contribution < 1.29 is 14.6 Å². The smallest absolute Gasteiger partial charge is 0.127 e. The van der Waals surface area contributed by atoms with E-state index in [9.17, 15) is 5.11 Å². The van der Waals surface area contributed by atoms with Gasteiger partial charge in [-0.05, 0) is 49.8 Å². The first-order chi connectivity index (χ1) is 17.4. The molecule has 2 fully saturated rings. The minimum atomic E-state index is 0.00891. The molecular weight excluding hydrogens is 460 g/mol. The Morgan fingerprint density at radius 2 is 1.89 bits per heavy atom. The Morgan fingerprint density at radius 3 is 2.43 bits per heavy atom. The molecular formula is C32H44N2O3. The van der Waals surface area contributed by atoms with Crippen molar-refractivity contribution in [3.05, 3.63) is 76.7 Å². The lowest BCUT2D eigenvalue weighted by Crippen LogP contribution is -2.55. The van der Waals surface area contributed by atoms with Crippen molar-refractivity contribution in [1.29, 1.82) is 0 Å². The van der Waals surface area contributed by atoms with E-state index in [4.69, 9.17) is 9.47 Å². The van der Waals surface area contributed by atoms with E-state index in [1.54, 1.807) is 7.11 Å². The van der Waals surface area contributed by atoms with Crippen molar-refractivity contribution >= 4 is 11.3 Å². The third-order valence-electron chi connectivity index (χ3n) is 8.10. The van der Waals surface area contributed by atoms with Crippen LogP contribution < -0.4 is 15.2 Å². The van der Waals surface area contributed by atoms with Crippen LogP contribution in [0.15, 0.2) is 66.2 Å². The van der Waals surface area contributed by atoms with Crippen LogP contribution in [0.3, 0.4) is 0 Å². The van der Waals surface area contributed by atoms with Gasteiger partial charge in [0.1, 0.15) is 11.5 Å². The van der Waals surface area contributed by atoms with Gasteiger partial charge in [-0.3, -0.25) is 0 Å². The Labute approximate surface area is 222 Å². The number of aliphatic hydroxyl groups excluding tert-OH is 1. The molecule has 1 saturated carbocycles. The number of hydrogen-bond donors (Lipinski definition) is 1. The molecule has 1 aromatic carbocycles. The third-order valence-corrected chi connectivity index (χ3v) is 8.10. The van der Waals surface area contributed by atoms with Crippen molar-refractivity contribution in [2.45, 2.75) is 59.9 Å². The number of ether oxygens (including phenoxy) is 2. The largest absolute Gasteiger partial charge is 0.508 e. The minimum Gasteiger partial charge on any atom is -0.508 e. The summed E-state index contributed by atoms with van der Waals surface area (Å²) in [4.78, 5) is 4.67. The molecule has 1 unspecified atom stereocenters.